The number of amidine groups is 1. The molecule has 0 aromatic carbocycles. The number of hydrogen-bond donors (Lipinski definition) is 3. The van der Waals surface area contributed by atoms with Crippen molar-refractivity contribution in [1.82, 2.24) is 4.90 Å². The Morgan fingerprint density at radius 1 is 1.29 bits per heavy atom. The Morgan fingerprint density at radius 2 is 1.88 bits per heavy atom. The van der Waals surface area contributed by atoms with Gasteiger partial charge in [-0.1, -0.05) is 25.9 Å². The predicted molar refractivity (Wildman–Crippen MR) is 70.2 cm³/mol. The van der Waals surface area contributed by atoms with Gasteiger partial charge in [-0.2, -0.15) is 0 Å². The number of aliphatic hydroxyl groups excluding tert-OH is 1. The van der Waals surface area contributed by atoms with Crippen molar-refractivity contribution in [3.05, 3.63) is 0 Å². The van der Waals surface area contributed by atoms with E-state index in [0.29, 0.717) is 0 Å². The molecule has 0 rings (SSSR count). The summed E-state index contributed by atoms with van der Waals surface area (Å²) >= 11 is 0. The highest BCUT2D eigenvalue weighted by atomic mass is 16.4. The fourth-order valence-electron chi connectivity index (χ4n) is 1.73. The highest BCUT2D eigenvalue weighted by Gasteiger charge is 2.23. The molecule has 0 heterocycles. The van der Waals surface area contributed by atoms with Crippen LogP contribution in [-0.4, -0.2) is 47.3 Å². The molecule has 0 aliphatic heterocycles. The number of nitrogens with two attached hydrogens (primary N) is 1. The molecule has 0 spiro atoms. The second-order valence-corrected chi connectivity index (χ2v) is 4.98. The van der Waals surface area contributed by atoms with Crippen molar-refractivity contribution in [3.63, 3.8) is 0 Å². The van der Waals surface area contributed by atoms with E-state index in [-0.39, 0.29) is 17.9 Å². The van der Waals surface area contributed by atoms with Gasteiger partial charge in [-0.3, -0.25) is 0 Å². The van der Waals surface area contributed by atoms with E-state index in [1.165, 1.54) is 0 Å². The average Bonchev–Trinajstić information content (AvgIpc) is 2.32. The van der Waals surface area contributed by atoms with Crippen molar-refractivity contribution in [3.8, 4) is 0 Å². The van der Waals surface area contributed by atoms with E-state index in [2.05, 4.69) is 17.0 Å². The molecular formula is C12H27N3O2. The van der Waals surface area contributed by atoms with Crippen LogP contribution in [0.3, 0.4) is 0 Å². The molecule has 17 heavy (non-hydrogen) atoms. The maximum atomic E-state index is 8.78. The topological polar surface area (TPSA) is 82.1 Å². The van der Waals surface area contributed by atoms with Crippen LogP contribution >= 0.6 is 0 Å². The molecule has 0 unspecified atom stereocenters. The lowest BCUT2D eigenvalue weighted by Crippen LogP contribution is -2.33. The summed E-state index contributed by atoms with van der Waals surface area (Å²) in [7, 11) is 0. The summed E-state index contributed by atoms with van der Waals surface area (Å²) in [5, 5.41) is 20.5. The molecule has 0 aliphatic carbocycles. The van der Waals surface area contributed by atoms with Crippen LogP contribution in [0.1, 0.15) is 40.0 Å². The summed E-state index contributed by atoms with van der Waals surface area (Å²) in [6.45, 7) is 9.22. The van der Waals surface area contributed by atoms with Gasteiger partial charge in [0.2, 0.25) is 0 Å². The zero-order valence-corrected chi connectivity index (χ0v) is 11.3. The number of aliphatic hydroxyl groups is 1. The minimum atomic E-state index is -0.259. The summed E-state index contributed by atoms with van der Waals surface area (Å²) in [4.78, 5) is 2.30. The van der Waals surface area contributed by atoms with Crippen molar-refractivity contribution in [2.45, 2.75) is 40.0 Å². The van der Waals surface area contributed by atoms with Gasteiger partial charge < -0.3 is 20.9 Å². The molecule has 0 aromatic heterocycles. The smallest absolute Gasteiger partial charge is 0.144 e. The van der Waals surface area contributed by atoms with Gasteiger partial charge in [-0.25, -0.2) is 0 Å². The molecule has 5 nitrogen and oxygen atoms in total. The van der Waals surface area contributed by atoms with E-state index in [1.54, 1.807) is 0 Å². The minimum Gasteiger partial charge on any atom is -0.409 e. The van der Waals surface area contributed by atoms with E-state index < -0.39 is 0 Å². The average molecular weight is 245 g/mol. The molecule has 0 aliphatic rings. The first-order valence-electron chi connectivity index (χ1n) is 6.29. The monoisotopic (exact) mass is 245 g/mol. The second-order valence-electron chi connectivity index (χ2n) is 4.98. The van der Waals surface area contributed by atoms with E-state index in [1.807, 2.05) is 13.8 Å². The van der Waals surface area contributed by atoms with Crippen molar-refractivity contribution < 1.29 is 10.3 Å². The second kappa shape index (κ2) is 8.31. The maximum absolute atomic E-state index is 8.78. The maximum Gasteiger partial charge on any atom is 0.144 e. The lowest BCUT2D eigenvalue weighted by atomic mass is 9.86. The summed E-state index contributed by atoms with van der Waals surface area (Å²) in [5.74, 6) is 0.288. The van der Waals surface area contributed by atoms with E-state index in [0.717, 1.165) is 38.9 Å². The summed E-state index contributed by atoms with van der Waals surface area (Å²) in [6.07, 6.45) is 2.71. The minimum absolute atomic E-state index is 0.242. The third kappa shape index (κ3) is 6.48. The van der Waals surface area contributed by atoms with Crippen molar-refractivity contribution in [2.75, 3.05) is 26.2 Å². The highest BCUT2D eigenvalue weighted by molar-refractivity contribution is 5.85. The molecule has 0 amide bonds. The van der Waals surface area contributed by atoms with Gasteiger partial charge >= 0.3 is 0 Å². The molecule has 4 N–H and O–H groups in total. The van der Waals surface area contributed by atoms with Gasteiger partial charge in [0.25, 0.3) is 0 Å². The number of oxime groups is 1. The Bertz CT molecular complexity index is 230. The Balaban J connectivity index is 3.95. The molecule has 0 saturated carbocycles. The summed E-state index contributed by atoms with van der Waals surface area (Å²) < 4.78 is 0. The number of nitrogens with zero attached hydrogens (tertiary/aromatic N) is 2. The van der Waals surface area contributed by atoms with Gasteiger partial charge in [-0.15, -0.1) is 0 Å². The molecule has 0 saturated heterocycles. The normalized spacial score (nSPS) is 13.4. The third-order valence-electron chi connectivity index (χ3n) is 3.16. The molecule has 0 bridgehead atoms. The standard InChI is InChI=1S/C12H27N3O2/c1-4-15(9-6-10-16)8-5-7-12(2,3)11(13)14-17/h16-17H,4-10H2,1-3H3,(H2,13,14). The molecule has 0 aromatic rings. The zero-order valence-electron chi connectivity index (χ0n) is 11.3. The van der Waals surface area contributed by atoms with Crippen molar-refractivity contribution >= 4 is 5.84 Å². The van der Waals surface area contributed by atoms with Gasteiger partial charge in [0.15, 0.2) is 0 Å². The first-order valence-corrected chi connectivity index (χ1v) is 6.29. The Labute approximate surface area is 104 Å². The van der Waals surface area contributed by atoms with Crippen LogP contribution in [0, 0.1) is 5.41 Å². The van der Waals surface area contributed by atoms with Gasteiger partial charge in [-0.05, 0) is 32.4 Å². The third-order valence-corrected chi connectivity index (χ3v) is 3.16. The van der Waals surface area contributed by atoms with Gasteiger partial charge in [0.05, 0.1) is 0 Å². The number of hydrogen-bond acceptors (Lipinski definition) is 4. The van der Waals surface area contributed by atoms with Gasteiger partial charge in [0.1, 0.15) is 5.84 Å². The molecule has 0 atom stereocenters. The lowest BCUT2D eigenvalue weighted by molar-refractivity contribution is 0.222. The van der Waals surface area contributed by atoms with Crippen LogP contribution < -0.4 is 5.73 Å². The van der Waals surface area contributed by atoms with E-state index in [9.17, 15) is 0 Å². The fourth-order valence-corrected chi connectivity index (χ4v) is 1.73. The largest absolute Gasteiger partial charge is 0.409 e. The Morgan fingerprint density at radius 3 is 2.35 bits per heavy atom. The predicted octanol–water partition coefficient (Wildman–Crippen LogP) is 1.24. The fraction of sp³-hybridized carbons (Fsp3) is 0.917. The van der Waals surface area contributed by atoms with E-state index in [4.69, 9.17) is 16.0 Å². The van der Waals surface area contributed by atoms with Gasteiger partial charge in [0, 0.05) is 18.6 Å². The molecular weight excluding hydrogens is 218 g/mol. The highest BCUT2D eigenvalue weighted by Crippen LogP contribution is 2.22. The molecule has 0 radical (unpaired) electrons. The van der Waals surface area contributed by atoms with E-state index >= 15 is 0 Å². The van der Waals surface area contributed by atoms with Crippen LogP contribution in [0.15, 0.2) is 5.16 Å². The van der Waals surface area contributed by atoms with Crippen LogP contribution in [0.25, 0.3) is 0 Å². The van der Waals surface area contributed by atoms with Crippen LogP contribution in [0.5, 0.6) is 0 Å². The quantitative estimate of drug-likeness (QED) is 0.247. The van der Waals surface area contributed by atoms with Crippen LogP contribution in [0.4, 0.5) is 0 Å². The molecule has 102 valence electrons. The van der Waals surface area contributed by atoms with Crippen molar-refractivity contribution in [2.24, 2.45) is 16.3 Å². The number of rotatable bonds is 9. The van der Waals surface area contributed by atoms with Crippen LogP contribution in [0.2, 0.25) is 0 Å². The lowest BCUT2D eigenvalue weighted by Gasteiger charge is -2.25. The zero-order chi connectivity index (χ0) is 13.3. The Hall–Kier alpha value is -0.810. The first kappa shape index (κ1) is 16.2. The SMILES string of the molecule is CCN(CCCO)CCCC(C)(C)C(N)=NO. The Kier molecular flexibility index (Phi) is 7.91. The summed E-state index contributed by atoms with van der Waals surface area (Å²) in [5.41, 5.74) is 5.37. The first-order chi connectivity index (χ1) is 7.97. The molecule has 5 heteroatoms. The van der Waals surface area contributed by atoms with Crippen molar-refractivity contribution in [1.29, 1.82) is 0 Å². The van der Waals surface area contributed by atoms with Crippen LogP contribution in [-0.2, 0) is 0 Å². The molecule has 0 fully saturated rings. The summed E-state index contributed by atoms with van der Waals surface area (Å²) in [6, 6.07) is 0.